The quantitative estimate of drug-likeness (QED) is 0.825. The van der Waals surface area contributed by atoms with Crippen LogP contribution in [0.15, 0.2) is 35.4 Å². The van der Waals surface area contributed by atoms with Crippen LogP contribution in [-0.2, 0) is 16.1 Å². The number of rotatable bonds is 4. The van der Waals surface area contributed by atoms with Gasteiger partial charge in [-0.25, -0.2) is 4.98 Å². The lowest BCUT2D eigenvalue weighted by molar-refractivity contribution is -0.133. The molecule has 5 unspecified atom stereocenters. The lowest BCUT2D eigenvalue weighted by Crippen LogP contribution is -2.58. The van der Waals surface area contributed by atoms with E-state index in [1.54, 1.807) is 18.2 Å². The predicted molar refractivity (Wildman–Crippen MR) is 110 cm³/mol. The van der Waals surface area contributed by atoms with Gasteiger partial charge in [-0.3, -0.25) is 19.0 Å². The first-order chi connectivity index (χ1) is 14.0. The first-order valence-corrected chi connectivity index (χ1v) is 10.5. The second-order valence-electron chi connectivity index (χ2n) is 8.43. The van der Waals surface area contributed by atoms with E-state index in [1.807, 2.05) is 6.07 Å². The second kappa shape index (κ2) is 7.97. The number of para-hydroxylation sites is 1. The Kier molecular flexibility index (Phi) is 5.39. The van der Waals surface area contributed by atoms with Crippen molar-refractivity contribution in [3.05, 3.63) is 40.9 Å². The maximum Gasteiger partial charge on any atom is 0.261 e. The van der Waals surface area contributed by atoms with Crippen LogP contribution < -0.4 is 16.2 Å². The number of piperidine rings is 1. The second-order valence-corrected chi connectivity index (χ2v) is 8.43. The van der Waals surface area contributed by atoms with Crippen LogP contribution >= 0.6 is 0 Å². The van der Waals surface area contributed by atoms with Gasteiger partial charge >= 0.3 is 0 Å². The molecule has 1 aromatic carbocycles. The molecule has 2 fully saturated rings. The number of benzene rings is 1. The summed E-state index contributed by atoms with van der Waals surface area (Å²) < 4.78 is 1.35. The first kappa shape index (κ1) is 19.6. The molecule has 4 rings (SSSR count). The maximum absolute atomic E-state index is 12.6. The topological polar surface area (TPSA) is 93.1 Å². The van der Waals surface area contributed by atoms with Crippen molar-refractivity contribution in [3.63, 3.8) is 0 Å². The van der Waals surface area contributed by atoms with Gasteiger partial charge in [-0.2, -0.15) is 0 Å². The zero-order chi connectivity index (χ0) is 20.5. The Morgan fingerprint density at radius 3 is 2.86 bits per heavy atom. The van der Waals surface area contributed by atoms with Gasteiger partial charge in [0.1, 0.15) is 6.54 Å². The van der Waals surface area contributed by atoms with Crippen LogP contribution in [0.3, 0.4) is 0 Å². The SMILES string of the molecule is CCC1C(=O)NC2CC(NC(=O)Cn3cnc4ccccc4c3=O)CCC2C1C. The summed E-state index contributed by atoms with van der Waals surface area (Å²) in [6.07, 6.45) is 4.92. The summed E-state index contributed by atoms with van der Waals surface area (Å²) in [5, 5.41) is 6.74. The molecule has 2 N–H and O–H groups in total. The zero-order valence-corrected chi connectivity index (χ0v) is 16.9. The van der Waals surface area contributed by atoms with Crippen molar-refractivity contribution in [1.82, 2.24) is 20.2 Å². The molecule has 1 aliphatic heterocycles. The third kappa shape index (κ3) is 3.78. The van der Waals surface area contributed by atoms with Gasteiger partial charge in [0.15, 0.2) is 0 Å². The molecule has 2 heterocycles. The molecule has 1 aliphatic carbocycles. The van der Waals surface area contributed by atoms with E-state index in [4.69, 9.17) is 0 Å². The van der Waals surface area contributed by atoms with Gasteiger partial charge in [0.05, 0.1) is 17.2 Å². The summed E-state index contributed by atoms with van der Waals surface area (Å²) in [4.78, 5) is 41.8. The number of aromatic nitrogens is 2. The standard InChI is InChI=1S/C22H28N4O3/c1-3-15-13(2)16-9-8-14(10-19(16)25-21(15)28)24-20(27)11-26-12-23-18-7-5-4-6-17(18)22(26)29/h4-7,12-16,19H,3,8-11H2,1-2H3,(H,24,27)(H,25,28). The average Bonchev–Trinajstić information content (AvgIpc) is 2.70. The van der Waals surface area contributed by atoms with Gasteiger partial charge in [-0.05, 0) is 49.7 Å². The van der Waals surface area contributed by atoms with E-state index >= 15 is 0 Å². The molecular weight excluding hydrogens is 368 g/mol. The number of amides is 2. The first-order valence-electron chi connectivity index (χ1n) is 10.5. The fourth-order valence-electron chi connectivity index (χ4n) is 5.15. The summed E-state index contributed by atoms with van der Waals surface area (Å²) >= 11 is 0. The van der Waals surface area contributed by atoms with Crippen LogP contribution in [0.1, 0.15) is 39.5 Å². The molecule has 1 saturated heterocycles. The summed E-state index contributed by atoms with van der Waals surface area (Å²) in [5.74, 6) is 0.877. The predicted octanol–water partition coefficient (Wildman–Crippen LogP) is 1.84. The van der Waals surface area contributed by atoms with Crippen molar-refractivity contribution in [2.24, 2.45) is 17.8 Å². The molecule has 7 nitrogen and oxygen atoms in total. The molecular formula is C22H28N4O3. The van der Waals surface area contributed by atoms with Crippen molar-refractivity contribution in [2.45, 2.75) is 58.2 Å². The number of hydrogen-bond donors (Lipinski definition) is 2. The van der Waals surface area contributed by atoms with Crippen LogP contribution in [0.5, 0.6) is 0 Å². The third-order valence-corrected chi connectivity index (χ3v) is 6.73. The fraction of sp³-hybridized carbons (Fsp3) is 0.545. The molecule has 7 heteroatoms. The van der Waals surface area contributed by atoms with E-state index in [1.165, 1.54) is 10.9 Å². The number of fused-ring (bicyclic) bond motifs is 2. The minimum Gasteiger partial charge on any atom is -0.353 e. The summed E-state index contributed by atoms with van der Waals surface area (Å²) in [6.45, 7) is 4.20. The fourth-order valence-corrected chi connectivity index (χ4v) is 5.15. The van der Waals surface area contributed by atoms with Gasteiger partial charge in [-0.15, -0.1) is 0 Å². The molecule has 0 spiro atoms. The molecule has 29 heavy (non-hydrogen) atoms. The van der Waals surface area contributed by atoms with Crippen molar-refractivity contribution in [3.8, 4) is 0 Å². The number of carbonyl (C=O) groups is 2. The Labute approximate surface area is 169 Å². The number of carbonyl (C=O) groups excluding carboxylic acids is 2. The van der Waals surface area contributed by atoms with Gasteiger partial charge in [-0.1, -0.05) is 26.0 Å². The maximum atomic E-state index is 12.6. The van der Waals surface area contributed by atoms with Crippen molar-refractivity contribution in [1.29, 1.82) is 0 Å². The van der Waals surface area contributed by atoms with Gasteiger partial charge < -0.3 is 10.6 Å². The molecule has 0 bridgehead atoms. The van der Waals surface area contributed by atoms with E-state index in [2.05, 4.69) is 29.5 Å². The minimum atomic E-state index is -0.214. The molecule has 2 aromatic rings. The highest BCUT2D eigenvalue weighted by Crippen LogP contribution is 2.38. The van der Waals surface area contributed by atoms with Crippen LogP contribution in [0.25, 0.3) is 10.9 Å². The molecule has 1 saturated carbocycles. The highest BCUT2D eigenvalue weighted by Gasteiger charge is 2.43. The molecule has 1 aromatic heterocycles. The molecule has 5 atom stereocenters. The van der Waals surface area contributed by atoms with E-state index in [9.17, 15) is 14.4 Å². The van der Waals surface area contributed by atoms with Gasteiger partial charge in [0.25, 0.3) is 5.56 Å². The molecule has 154 valence electrons. The summed E-state index contributed by atoms with van der Waals surface area (Å²) in [5.41, 5.74) is 0.411. The van der Waals surface area contributed by atoms with E-state index in [0.717, 1.165) is 25.7 Å². The zero-order valence-electron chi connectivity index (χ0n) is 16.9. The number of hydrogen-bond acceptors (Lipinski definition) is 4. The Balaban J connectivity index is 1.40. The summed E-state index contributed by atoms with van der Waals surface area (Å²) in [6, 6.07) is 7.24. The van der Waals surface area contributed by atoms with Gasteiger partial charge in [0.2, 0.25) is 11.8 Å². The summed E-state index contributed by atoms with van der Waals surface area (Å²) in [7, 11) is 0. The number of nitrogens with zero attached hydrogens (tertiary/aromatic N) is 2. The average molecular weight is 396 g/mol. The molecule has 2 aliphatic rings. The lowest BCUT2D eigenvalue weighted by atomic mass is 9.67. The van der Waals surface area contributed by atoms with Crippen molar-refractivity contribution >= 4 is 22.7 Å². The van der Waals surface area contributed by atoms with Gasteiger partial charge in [0, 0.05) is 18.0 Å². The van der Waals surface area contributed by atoms with Crippen molar-refractivity contribution < 1.29 is 9.59 Å². The van der Waals surface area contributed by atoms with Crippen LogP contribution in [0.4, 0.5) is 0 Å². The lowest BCUT2D eigenvalue weighted by Gasteiger charge is -2.46. The Bertz CT molecular complexity index is 985. The third-order valence-electron chi connectivity index (χ3n) is 6.73. The van der Waals surface area contributed by atoms with Crippen LogP contribution in [-0.4, -0.2) is 33.4 Å². The highest BCUT2D eigenvalue weighted by molar-refractivity contribution is 5.80. The molecule has 0 radical (unpaired) electrons. The van der Waals surface area contributed by atoms with Crippen molar-refractivity contribution in [2.75, 3.05) is 0 Å². The van der Waals surface area contributed by atoms with E-state index in [-0.39, 0.29) is 41.9 Å². The Morgan fingerprint density at radius 1 is 1.28 bits per heavy atom. The van der Waals surface area contributed by atoms with E-state index < -0.39 is 0 Å². The normalized spacial score (nSPS) is 29.2. The Hall–Kier alpha value is -2.70. The number of nitrogens with one attached hydrogen (secondary N) is 2. The smallest absolute Gasteiger partial charge is 0.261 e. The minimum absolute atomic E-state index is 0.0125. The molecule has 2 amide bonds. The van der Waals surface area contributed by atoms with Crippen LogP contribution in [0.2, 0.25) is 0 Å². The largest absolute Gasteiger partial charge is 0.353 e. The van der Waals surface area contributed by atoms with Crippen LogP contribution in [0, 0.1) is 17.8 Å². The van der Waals surface area contributed by atoms with E-state index in [0.29, 0.717) is 22.7 Å². The Morgan fingerprint density at radius 2 is 2.07 bits per heavy atom. The highest BCUT2D eigenvalue weighted by atomic mass is 16.2. The monoisotopic (exact) mass is 396 g/mol.